The number of nitrogens with one attached hydrogen (secondary N) is 1. The molecule has 3 N–H and O–H groups in total. The Balaban J connectivity index is 1.77. The summed E-state index contributed by atoms with van der Waals surface area (Å²) >= 11 is 0. The number of fused-ring (bicyclic) bond motifs is 1. The second-order valence-corrected chi connectivity index (χ2v) is 7.56. The highest BCUT2D eigenvalue weighted by molar-refractivity contribution is 5.86. The molecule has 1 aromatic heterocycles. The van der Waals surface area contributed by atoms with Crippen LogP contribution in [0.4, 0.5) is 0 Å². The predicted octanol–water partition coefficient (Wildman–Crippen LogP) is 3.83. The van der Waals surface area contributed by atoms with E-state index >= 15 is 0 Å². The van der Waals surface area contributed by atoms with Crippen molar-refractivity contribution in [3.8, 4) is 22.6 Å². The van der Waals surface area contributed by atoms with Gasteiger partial charge in [-0.1, -0.05) is 31.2 Å². The third kappa shape index (κ3) is 3.09. The number of hydrogen-bond donors (Lipinski definition) is 2. The van der Waals surface area contributed by atoms with E-state index in [0.29, 0.717) is 5.92 Å². The summed E-state index contributed by atoms with van der Waals surface area (Å²) in [6.45, 7) is 6.38. The Morgan fingerprint density at radius 1 is 1.32 bits per heavy atom. The molecule has 0 saturated heterocycles. The molecule has 1 amide bonds. The van der Waals surface area contributed by atoms with Gasteiger partial charge in [0.05, 0.1) is 5.69 Å². The lowest BCUT2D eigenvalue weighted by atomic mass is 9.64. The fraction of sp³-hybridized carbons (Fsp3) is 0.364. The number of hydrogen-bond acceptors (Lipinski definition) is 4. The minimum absolute atomic E-state index is 0.107. The van der Waals surface area contributed by atoms with E-state index in [1.165, 1.54) is 0 Å². The lowest BCUT2D eigenvalue weighted by Crippen LogP contribution is -2.42. The first-order chi connectivity index (χ1) is 13.5. The van der Waals surface area contributed by atoms with Gasteiger partial charge in [-0.2, -0.15) is 5.10 Å². The number of nitrogens with zero attached hydrogens (tertiary/aromatic N) is 1. The highest BCUT2D eigenvalue weighted by Crippen LogP contribution is 2.44. The van der Waals surface area contributed by atoms with Crippen LogP contribution in [-0.2, 0) is 4.79 Å². The molecule has 1 fully saturated rings. The molecule has 0 bridgehead atoms. The van der Waals surface area contributed by atoms with Crippen LogP contribution >= 0.6 is 0 Å². The van der Waals surface area contributed by atoms with Crippen molar-refractivity contribution in [2.45, 2.75) is 27.2 Å². The molecule has 6 heteroatoms. The Labute approximate surface area is 164 Å². The van der Waals surface area contributed by atoms with Crippen molar-refractivity contribution in [1.82, 2.24) is 10.2 Å². The predicted molar refractivity (Wildman–Crippen MR) is 108 cm³/mol. The summed E-state index contributed by atoms with van der Waals surface area (Å²) in [4.78, 5) is 11.7. The zero-order valence-corrected chi connectivity index (χ0v) is 16.4. The SMILES string of the molecule is C/C=C\C(=C/C1C(C(N)=O)C[C@H]1C)c1n[nH]c(C)c1-c1ccc2c(c1)OCO2. The zero-order valence-electron chi connectivity index (χ0n) is 16.4. The molecule has 2 aliphatic rings. The van der Waals surface area contributed by atoms with E-state index in [2.05, 4.69) is 23.2 Å². The highest BCUT2D eigenvalue weighted by Gasteiger charge is 2.40. The van der Waals surface area contributed by atoms with Gasteiger partial charge in [-0.25, -0.2) is 0 Å². The number of allylic oxidation sites excluding steroid dienone is 4. The third-order valence-corrected chi connectivity index (χ3v) is 5.71. The van der Waals surface area contributed by atoms with Gasteiger partial charge >= 0.3 is 0 Å². The zero-order chi connectivity index (χ0) is 19.8. The van der Waals surface area contributed by atoms with E-state index in [0.717, 1.165) is 46.0 Å². The summed E-state index contributed by atoms with van der Waals surface area (Å²) < 4.78 is 11.0. The standard InChI is InChI=1S/C22H25N3O3/c1-4-5-15(9-16-12(2)8-17(16)22(23)26)21-20(13(3)24-25-21)14-6-7-18-19(10-14)28-11-27-18/h4-7,9-10,12,16-17H,8,11H2,1-3H3,(H2,23,26)(H,24,25)/b5-4-,15-9+/t12-,16?,17?/m1/s1. The van der Waals surface area contributed by atoms with Gasteiger partial charge in [0.15, 0.2) is 11.5 Å². The molecule has 2 unspecified atom stereocenters. The third-order valence-electron chi connectivity index (χ3n) is 5.71. The molecule has 4 rings (SSSR count). The van der Waals surface area contributed by atoms with E-state index in [1.54, 1.807) is 0 Å². The van der Waals surface area contributed by atoms with Crippen molar-refractivity contribution >= 4 is 11.5 Å². The van der Waals surface area contributed by atoms with Crippen LogP contribution in [-0.4, -0.2) is 22.9 Å². The van der Waals surface area contributed by atoms with Gasteiger partial charge in [-0.3, -0.25) is 9.89 Å². The Morgan fingerprint density at radius 2 is 2.11 bits per heavy atom. The monoisotopic (exact) mass is 379 g/mol. The second kappa shape index (κ2) is 7.19. The van der Waals surface area contributed by atoms with Crippen molar-refractivity contribution < 1.29 is 14.3 Å². The van der Waals surface area contributed by atoms with E-state index in [1.807, 2.05) is 44.2 Å². The van der Waals surface area contributed by atoms with Crippen molar-refractivity contribution in [3.63, 3.8) is 0 Å². The van der Waals surface area contributed by atoms with Gasteiger partial charge in [0.1, 0.15) is 0 Å². The minimum Gasteiger partial charge on any atom is -0.454 e. The summed E-state index contributed by atoms with van der Waals surface area (Å²) in [6, 6.07) is 5.92. The number of aromatic amines is 1. The molecule has 1 aromatic carbocycles. The number of nitrogens with two attached hydrogens (primary N) is 1. The average Bonchev–Trinajstić information content (AvgIpc) is 3.28. The van der Waals surface area contributed by atoms with Crippen molar-refractivity contribution in [1.29, 1.82) is 0 Å². The molecule has 1 saturated carbocycles. The molecular weight excluding hydrogens is 354 g/mol. The minimum atomic E-state index is -0.228. The summed E-state index contributed by atoms with van der Waals surface area (Å²) in [5.41, 5.74) is 10.4. The Morgan fingerprint density at radius 3 is 2.82 bits per heavy atom. The van der Waals surface area contributed by atoms with E-state index < -0.39 is 0 Å². The summed E-state index contributed by atoms with van der Waals surface area (Å²) in [6.07, 6.45) is 7.01. The van der Waals surface area contributed by atoms with E-state index in [-0.39, 0.29) is 24.5 Å². The number of aryl methyl sites for hydroxylation is 1. The maximum Gasteiger partial charge on any atom is 0.231 e. The van der Waals surface area contributed by atoms with Crippen LogP contribution in [0, 0.1) is 24.7 Å². The molecule has 28 heavy (non-hydrogen) atoms. The first kappa shape index (κ1) is 18.3. The fourth-order valence-corrected chi connectivity index (χ4v) is 4.15. The van der Waals surface area contributed by atoms with Crippen LogP contribution in [0.1, 0.15) is 31.7 Å². The van der Waals surface area contributed by atoms with Gasteiger partial charge in [0.25, 0.3) is 0 Å². The van der Waals surface area contributed by atoms with Crippen LogP contribution in [0.3, 0.4) is 0 Å². The molecule has 146 valence electrons. The van der Waals surface area contributed by atoms with Crippen LogP contribution < -0.4 is 15.2 Å². The van der Waals surface area contributed by atoms with E-state index in [9.17, 15) is 4.79 Å². The largest absolute Gasteiger partial charge is 0.454 e. The van der Waals surface area contributed by atoms with Crippen LogP contribution in [0.5, 0.6) is 11.5 Å². The van der Waals surface area contributed by atoms with Crippen molar-refractivity contribution in [2.24, 2.45) is 23.5 Å². The first-order valence-electron chi connectivity index (χ1n) is 9.58. The topological polar surface area (TPSA) is 90.2 Å². The molecule has 0 spiro atoms. The van der Waals surface area contributed by atoms with Crippen LogP contribution in [0.15, 0.2) is 36.4 Å². The van der Waals surface area contributed by atoms with Crippen molar-refractivity contribution in [2.75, 3.05) is 6.79 Å². The molecule has 2 heterocycles. The maximum absolute atomic E-state index is 11.7. The number of H-pyrrole nitrogens is 1. The van der Waals surface area contributed by atoms with Gasteiger partial charge in [0, 0.05) is 17.2 Å². The van der Waals surface area contributed by atoms with Crippen molar-refractivity contribution in [3.05, 3.63) is 47.8 Å². The van der Waals surface area contributed by atoms with Gasteiger partial charge in [0.2, 0.25) is 12.7 Å². The summed E-state index contributed by atoms with van der Waals surface area (Å²) in [7, 11) is 0. The summed E-state index contributed by atoms with van der Waals surface area (Å²) in [5, 5.41) is 7.69. The smallest absolute Gasteiger partial charge is 0.231 e. The highest BCUT2D eigenvalue weighted by atomic mass is 16.7. The number of aromatic nitrogens is 2. The quantitative estimate of drug-likeness (QED) is 0.773. The first-order valence-corrected chi connectivity index (χ1v) is 9.58. The lowest BCUT2D eigenvalue weighted by Gasteiger charge is -2.39. The van der Waals surface area contributed by atoms with Crippen LogP contribution in [0.2, 0.25) is 0 Å². The summed E-state index contributed by atoms with van der Waals surface area (Å²) in [5.74, 6) is 1.71. The molecule has 1 aliphatic carbocycles. The second-order valence-electron chi connectivity index (χ2n) is 7.56. The normalized spacial score (nSPS) is 23.8. The fourth-order valence-electron chi connectivity index (χ4n) is 4.15. The molecule has 3 atom stereocenters. The maximum atomic E-state index is 11.7. The number of primary amides is 1. The molecular formula is C22H25N3O3. The van der Waals surface area contributed by atoms with E-state index in [4.69, 9.17) is 15.2 Å². The molecule has 2 aromatic rings. The molecule has 0 radical (unpaired) electrons. The number of rotatable bonds is 5. The average molecular weight is 379 g/mol. The Hall–Kier alpha value is -3.02. The van der Waals surface area contributed by atoms with Crippen LogP contribution in [0.25, 0.3) is 16.7 Å². The number of benzene rings is 1. The van der Waals surface area contributed by atoms with Gasteiger partial charge in [-0.15, -0.1) is 0 Å². The van der Waals surface area contributed by atoms with Gasteiger partial charge < -0.3 is 15.2 Å². The Bertz CT molecular complexity index is 973. The molecule has 1 aliphatic heterocycles. The number of carbonyl (C=O) groups excluding carboxylic acids is 1. The lowest BCUT2D eigenvalue weighted by molar-refractivity contribution is -0.127. The number of ether oxygens (including phenoxy) is 2. The van der Waals surface area contributed by atoms with Gasteiger partial charge in [-0.05, 0) is 55.4 Å². The number of amides is 1. The molecule has 6 nitrogen and oxygen atoms in total. The number of carbonyl (C=O) groups is 1. The Kier molecular flexibility index (Phi) is 4.71.